The normalized spacial score (nSPS) is 13.1. The van der Waals surface area contributed by atoms with Gasteiger partial charge in [-0.15, -0.1) is 0 Å². The van der Waals surface area contributed by atoms with Gasteiger partial charge in [0, 0.05) is 13.1 Å². The number of esters is 1. The molecule has 0 aliphatic heterocycles. The number of benzene rings is 2. The van der Waals surface area contributed by atoms with Crippen molar-refractivity contribution in [1.29, 1.82) is 0 Å². The van der Waals surface area contributed by atoms with Crippen LogP contribution in [0.15, 0.2) is 66.9 Å². The van der Waals surface area contributed by atoms with Crippen LogP contribution in [0.2, 0.25) is 10.0 Å². The number of aromatic nitrogens is 1. The smallest absolute Gasteiger partial charge is 0.366 e. The maximum Gasteiger partial charge on any atom is 0.366 e. The van der Waals surface area contributed by atoms with Crippen molar-refractivity contribution in [1.82, 2.24) is 4.98 Å². The van der Waals surface area contributed by atoms with Gasteiger partial charge in [0.05, 0.1) is 17.4 Å². The Morgan fingerprint density at radius 1 is 1.03 bits per heavy atom. The fraction of sp³-hybridized carbons (Fsp3) is 0.217. The van der Waals surface area contributed by atoms with E-state index in [1.807, 2.05) is 0 Å². The molecule has 1 aromatic heterocycles. The van der Waals surface area contributed by atoms with Crippen molar-refractivity contribution < 1.29 is 27.4 Å². The number of halogens is 2. The number of rotatable bonds is 9. The number of ether oxygens (including phenoxy) is 3. The predicted octanol–water partition coefficient (Wildman–Crippen LogP) is 5.45. The first-order valence-electron chi connectivity index (χ1n) is 9.86. The Morgan fingerprint density at radius 3 is 2.27 bits per heavy atom. The minimum Gasteiger partial charge on any atom is -0.462 e. The van der Waals surface area contributed by atoms with Crippen LogP contribution < -0.4 is 9.47 Å². The number of pyridine rings is 1. The van der Waals surface area contributed by atoms with Crippen molar-refractivity contribution in [3.05, 3.63) is 82.5 Å². The molecule has 1 heterocycles. The van der Waals surface area contributed by atoms with Gasteiger partial charge in [-0.25, -0.2) is 18.2 Å². The third kappa shape index (κ3) is 5.96. The van der Waals surface area contributed by atoms with Crippen LogP contribution in [0.4, 0.5) is 0 Å². The van der Waals surface area contributed by atoms with E-state index < -0.39 is 26.5 Å². The van der Waals surface area contributed by atoms with Crippen LogP contribution in [-0.2, 0) is 25.1 Å². The Balaban J connectivity index is 1.84. The van der Waals surface area contributed by atoms with Gasteiger partial charge < -0.3 is 14.2 Å². The molecule has 0 aliphatic carbocycles. The van der Waals surface area contributed by atoms with Crippen molar-refractivity contribution in [2.45, 2.75) is 24.5 Å². The summed E-state index contributed by atoms with van der Waals surface area (Å²) in [5.74, 6) is -0.755. The first-order valence-corrected chi connectivity index (χ1v) is 12.3. The Hall–Kier alpha value is -2.81. The zero-order valence-corrected chi connectivity index (χ0v) is 20.2. The van der Waals surface area contributed by atoms with Gasteiger partial charge in [-0.2, -0.15) is 0 Å². The fourth-order valence-corrected chi connectivity index (χ4v) is 4.68. The van der Waals surface area contributed by atoms with Crippen molar-refractivity contribution in [2.75, 3.05) is 6.61 Å². The monoisotopic (exact) mass is 509 g/mol. The van der Waals surface area contributed by atoms with Crippen LogP contribution in [0.5, 0.6) is 17.4 Å². The van der Waals surface area contributed by atoms with Gasteiger partial charge in [0.25, 0.3) is 0 Å². The van der Waals surface area contributed by atoms with Gasteiger partial charge in [0.15, 0.2) is 0 Å². The van der Waals surface area contributed by atoms with Gasteiger partial charge in [-0.3, -0.25) is 0 Å². The molecule has 1 atom stereocenters. The summed E-state index contributed by atoms with van der Waals surface area (Å²) in [5, 5.41) is 0.593. The highest BCUT2D eigenvalue weighted by atomic mass is 35.5. The van der Waals surface area contributed by atoms with Crippen LogP contribution in [0.3, 0.4) is 0 Å². The lowest BCUT2D eigenvalue weighted by atomic mass is 10.2. The Kier molecular flexibility index (Phi) is 7.84. The van der Waals surface area contributed by atoms with E-state index in [4.69, 9.17) is 37.4 Å². The SMILES string of the molecule is CCOC(=O)C(C)(Oc1ccc(Oc2ncc(Cl)cc2Cl)cc1)S(=O)(=O)Cc1ccccc1. The summed E-state index contributed by atoms with van der Waals surface area (Å²) < 4.78 is 42.8. The zero-order valence-electron chi connectivity index (χ0n) is 17.8. The summed E-state index contributed by atoms with van der Waals surface area (Å²) in [6.07, 6.45) is 1.39. The second-order valence-electron chi connectivity index (χ2n) is 7.03. The molecular formula is C23H21Cl2NO6S. The van der Waals surface area contributed by atoms with Gasteiger partial charge in [-0.1, -0.05) is 53.5 Å². The lowest BCUT2D eigenvalue weighted by Gasteiger charge is -2.28. The molecule has 0 fully saturated rings. The molecule has 0 bridgehead atoms. The van der Waals surface area contributed by atoms with Crippen LogP contribution in [0, 0.1) is 0 Å². The van der Waals surface area contributed by atoms with Crippen molar-refractivity contribution in [3.63, 3.8) is 0 Å². The van der Waals surface area contributed by atoms with E-state index in [-0.39, 0.29) is 23.3 Å². The second-order valence-corrected chi connectivity index (χ2v) is 10.2. The maximum absolute atomic E-state index is 13.2. The zero-order chi connectivity index (χ0) is 24.1. The molecular weight excluding hydrogens is 489 g/mol. The van der Waals surface area contributed by atoms with E-state index in [0.29, 0.717) is 16.3 Å². The van der Waals surface area contributed by atoms with Crippen molar-refractivity contribution in [3.8, 4) is 17.4 Å². The molecule has 7 nitrogen and oxygen atoms in total. The lowest BCUT2D eigenvalue weighted by molar-refractivity contribution is -0.153. The molecule has 0 N–H and O–H groups in total. The highest BCUT2D eigenvalue weighted by Crippen LogP contribution is 2.32. The molecule has 2 aromatic carbocycles. The Labute approximate surface area is 202 Å². The van der Waals surface area contributed by atoms with E-state index in [1.165, 1.54) is 43.5 Å². The lowest BCUT2D eigenvalue weighted by Crippen LogP contribution is -2.50. The van der Waals surface area contributed by atoms with Crippen molar-refractivity contribution >= 4 is 39.0 Å². The molecule has 0 spiro atoms. The predicted molar refractivity (Wildman–Crippen MR) is 126 cm³/mol. The highest BCUT2D eigenvalue weighted by molar-refractivity contribution is 7.92. The third-order valence-electron chi connectivity index (χ3n) is 4.56. The number of carbonyl (C=O) groups is 1. The van der Waals surface area contributed by atoms with Gasteiger partial charge >= 0.3 is 10.9 Å². The number of hydrogen-bond donors (Lipinski definition) is 0. The minimum absolute atomic E-state index is 0.000268. The van der Waals surface area contributed by atoms with Crippen LogP contribution in [-0.4, -0.2) is 30.9 Å². The van der Waals surface area contributed by atoms with Gasteiger partial charge in [-0.05, 0) is 42.8 Å². The van der Waals surface area contributed by atoms with E-state index in [2.05, 4.69) is 4.98 Å². The maximum atomic E-state index is 13.2. The standard InChI is InChI=1S/C23H21Cl2NO6S/c1-3-30-22(27)23(2,33(28,29)15-16-7-5-4-6-8-16)32-19-11-9-18(10-12-19)31-21-20(25)13-17(24)14-26-21/h4-14H,3,15H2,1-2H3. The number of nitrogens with zero attached hydrogens (tertiary/aromatic N) is 1. The summed E-state index contributed by atoms with van der Waals surface area (Å²) in [5.41, 5.74) is 0.521. The second kappa shape index (κ2) is 10.4. The molecule has 10 heteroatoms. The first kappa shape index (κ1) is 24.8. The molecule has 1 unspecified atom stereocenters. The average molecular weight is 510 g/mol. The quantitative estimate of drug-likeness (QED) is 0.354. The highest BCUT2D eigenvalue weighted by Gasteiger charge is 2.50. The first-order chi connectivity index (χ1) is 15.6. The molecule has 0 saturated carbocycles. The fourth-order valence-electron chi connectivity index (χ4n) is 2.82. The number of hydrogen-bond acceptors (Lipinski definition) is 7. The molecule has 3 aromatic rings. The topological polar surface area (TPSA) is 91.8 Å². The molecule has 0 radical (unpaired) electrons. The summed E-state index contributed by atoms with van der Waals surface area (Å²) in [6.45, 7) is 2.77. The van der Waals surface area contributed by atoms with Crippen LogP contribution in [0.25, 0.3) is 0 Å². The molecule has 0 amide bonds. The molecule has 3 rings (SSSR count). The van der Waals surface area contributed by atoms with Gasteiger partial charge in [0.2, 0.25) is 15.7 Å². The molecule has 33 heavy (non-hydrogen) atoms. The third-order valence-corrected chi connectivity index (χ3v) is 7.19. The average Bonchev–Trinajstić information content (AvgIpc) is 2.77. The van der Waals surface area contributed by atoms with Gasteiger partial charge in [0.1, 0.15) is 16.5 Å². The number of sulfone groups is 1. The van der Waals surface area contributed by atoms with Crippen molar-refractivity contribution in [2.24, 2.45) is 0 Å². The Morgan fingerprint density at radius 2 is 1.67 bits per heavy atom. The summed E-state index contributed by atoms with van der Waals surface area (Å²) in [4.78, 5) is 14.4. The molecule has 0 saturated heterocycles. The Bertz CT molecular complexity index is 1220. The summed E-state index contributed by atoms with van der Waals surface area (Å²) in [6, 6.07) is 16.0. The largest absolute Gasteiger partial charge is 0.462 e. The van der Waals surface area contributed by atoms with E-state index in [0.717, 1.165) is 0 Å². The number of carbonyl (C=O) groups excluding carboxylic acids is 1. The summed E-state index contributed by atoms with van der Waals surface area (Å²) in [7, 11) is -4.13. The van der Waals surface area contributed by atoms with Crippen LogP contribution in [0.1, 0.15) is 19.4 Å². The molecule has 174 valence electrons. The molecule has 0 aliphatic rings. The van der Waals surface area contributed by atoms with E-state index in [1.54, 1.807) is 37.3 Å². The van der Waals surface area contributed by atoms with Crippen LogP contribution >= 0.6 is 23.2 Å². The minimum atomic E-state index is -4.13. The summed E-state index contributed by atoms with van der Waals surface area (Å²) >= 11 is 11.9. The van der Waals surface area contributed by atoms with E-state index in [9.17, 15) is 13.2 Å². The van der Waals surface area contributed by atoms with E-state index >= 15 is 0 Å².